The molecule has 0 bridgehead atoms. The molecule has 0 aliphatic carbocycles. The molecule has 1 fully saturated rings. The monoisotopic (exact) mass is 343 g/mol. The summed E-state index contributed by atoms with van der Waals surface area (Å²) < 4.78 is 0. The highest BCUT2D eigenvalue weighted by atomic mass is 32.2. The minimum absolute atomic E-state index is 0.0101. The van der Waals surface area contributed by atoms with Crippen LogP contribution in [-0.2, 0) is 4.79 Å². The normalized spacial score (nSPS) is 17.5. The van der Waals surface area contributed by atoms with Crippen molar-refractivity contribution in [3.8, 4) is 0 Å². The van der Waals surface area contributed by atoms with Gasteiger partial charge in [-0.3, -0.25) is 9.59 Å². The zero-order valence-electron chi connectivity index (χ0n) is 14.1. The molecular weight excluding hydrogens is 322 g/mol. The first-order valence-corrected chi connectivity index (χ1v) is 9.15. The number of pyridine rings is 1. The largest absolute Gasteiger partial charge is 0.342 e. The third-order valence-corrected chi connectivity index (χ3v) is 5.38. The fourth-order valence-corrected chi connectivity index (χ4v) is 3.81. The van der Waals surface area contributed by atoms with Crippen molar-refractivity contribution in [2.45, 2.75) is 25.9 Å². The molecule has 0 spiro atoms. The van der Waals surface area contributed by atoms with Crippen molar-refractivity contribution in [2.75, 3.05) is 18.7 Å². The maximum absolute atomic E-state index is 12.9. The molecule has 2 amide bonds. The molecular formula is C18H21N3O2S. The summed E-state index contributed by atoms with van der Waals surface area (Å²) in [5.41, 5.74) is 1.18. The highest BCUT2D eigenvalue weighted by Gasteiger charge is 2.37. The van der Waals surface area contributed by atoms with Crippen LogP contribution in [0.15, 0.2) is 36.4 Å². The van der Waals surface area contributed by atoms with E-state index in [4.69, 9.17) is 0 Å². The third kappa shape index (κ3) is 3.11. The lowest BCUT2D eigenvalue weighted by Gasteiger charge is -2.29. The van der Waals surface area contributed by atoms with Crippen molar-refractivity contribution in [1.29, 1.82) is 0 Å². The second-order valence-corrected chi connectivity index (χ2v) is 7.22. The summed E-state index contributed by atoms with van der Waals surface area (Å²) in [5.74, 6) is 0.968. The highest BCUT2D eigenvalue weighted by Crippen LogP contribution is 2.25. The SMILES string of the molecule is CC(C)N(C)C(=O)[C@H]1CSCN1C(=O)c1ccc2ccccc2n1. The third-order valence-electron chi connectivity index (χ3n) is 4.37. The Bertz CT molecular complexity index is 778. The standard InChI is InChI=1S/C18H21N3O2S/c1-12(2)20(3)18(23)16-10-24-11-21(16)17(22)15-9-8-13-6-4-5-7-14(13)19-15/h4-9,12,16H,10-11H2,1-3H3/t16-/m1/s1. The number of fused-ring (bicyclic) bond motifs is 1. The minimum Gasteiger partial charge on any atom is -0.342 e. The molecule has 126 valence electrons. The van der Waals surface area contributed by atoms with E-state index in [1.54, 1.807) is 34.7 Å². The molecule has 0 radical (unpaired) electrons. The number of thioether (sulfide) groups is 1. The van der Waals surface area contributed by atoms with Gasteiger partial charge in [0.1, 0.15) is 11.7 Å². The van der Waals surface area contributed by atoms with Crippen molar-refractivity contribution in [1.82, 2.24) is 14.8 Å². The number of carbonyl (C=O) groups is 2. The van der Waals surface area contributed by atoms with Crippen LogP contribution in [-0.4, -0.2) is 57.4 Å². The average molecular weight is 343 g/mol. The number of likely N-dealkylation sites (N-methyl/N-ethyl adjacent to an activating group) is 1. The van der Waals surface area contributed by atoms with Gasteiger partial charge in [-0.2, -0.15) is 0 Å². The molecule has 1 aliphatic rings. The van der Waals surface area contributed by atoms with Gasteiger partial charge in [-0.15, -0.1) is 11.8 Å². The topological polar surface area (TPSA) is 53.5 Å². The van der Waals surface area contributed by atoms with Gasteiger partial charge in [-0.25, -0.2) is 4.98 Å². The maximum Gasteiger partial charge on any atom is 0.273 e. The van der Waals surface area contributed by atoms with Gasteiger partial charge >= 0.3 is 0 Å². The lowest BCUT2D eigenvalue weighted by molar-refractivity contribution is -0.135. The number of aromatic nitrogens is 1. The minimum atomic E-state index is -0.414. The number of para-hydroxylation sites is 1. The number of benzene rings is 1. The Morgan fingerprint density at radius 1 is 1.25 bits per heavy atom. The van der Waals surface area contributed by atoms with Crippen LogP contribution in [0.5, 0.6) is 0 Å². The van der Waals surface area contributed by atoms with E-state index < -0.39 is 6.04 Å². The Morgan fingerprint density at radius 3 is 2.75 bits per heavy atom. The van der Waals surface area contributed by atoms with Crippen LogP contribution in [0.1, 0.15) is 24.3 Å². The van der Waals surface area contributed by atoms with Crippen LogP contribution in [0.4, 0.5) is 0 Å². The van der Waals surface area contributed by atoms with Crippen LogP contribution < -0.4 is 0 Å². The highest BCUT2D eigenvalue weighted by molar-refractivity contribution is 7.99. The first kappa shape index (κ1) is 16.8. The van der Waals surface area contributed by atoms with Gasteiger partial charge in [-0.05, 0) is 26.0 Å². The van der Waals surface area contributed by atoms with Crippen LogP contribution in [0.3, 0.4) is 0 Å². The summed E-state index contributed by atoms with van der Waals surface area (Å²) in [6.45, 7) is 3.94. The van der Waals surface area contributed by atoms with Gasteiger partial charge < -0.3 is 9.80 Å². The predicted molar refractivity (Wildman–Crippen MR) is 96.9 cm³/mol. The fourth-order valence-electron chi connectivity index (χ4n) is 2.67. The molecule has 0 saturated carbocycles. The molecule has 3 rings (SSSR count). The Hall–Kier alpha value is -2.08. The lowest BCUT2D eigenvalue weighted by Crippen LogP contribution is -2.49. The van der Waals surface area contributed by atoms with Crippen LogP contribution in [0, 0.1) is 0 Å². The van der Waals surface area contributed by atoms with Crippen molar-refractivity contribution in [3.05, 3.63) is 42.1 Å². The Labute approximate surface area is 146 Å². The lowest BCUT2D eigenvalue weighted by atomic mass is 10.1. The molecule has 2 aromatic rings. The summed E-state index contributed by atoms with van der Waals surface area (Å²) in [6, 6.07) is 11.0. The van der Waals surface area contributed by atoms with Crippen molar-refractivity contribution < 1.29 is 9.59 Å². The van der Waals surface area contributed by atoms with E-state index in [9.17, 15) is 9.59 Å². The van der Waals surface area contributed by atoms with E-state index in [2.05, 4.69) is 4.98 Å². The average Bonchev–Trinajstić information content (AvgIpc) is 3.08. The number of rotatable bonds is 3. The Balaban J connectivity index is 1.85. The molecule has 1 aliphatic heterocycles. The quantitative estimate of drug-likeness (QED) is 0.860. The predicted octanol–water partition coefficient (Wildman–Crippen LogP) is 2.62. The number of hydrogen-bond acceptors (Lipinski definition) is 4. The second kappa shape index (κ2) is 6.81. The van der Waals surface area contributed by atoms with Gasteiger partial charge in [-0.1, -0.05) is 24.3 Å². The smallest absolute Gasteiger partial charge is 0.273 e. The number of nitrogens with zero attached hydrogens (tertiary/aromatic N) is 3. The van der Waals surface area contributed by atoms with Crippen LogP contribution in [0.25, 0.3) is 10.9 Å². The summed E-state index contributed by atoms with van der Waals surface area (Å²) in [5, 5.41) is 0.997. The molecule has 24 heavy (non-hydrogen) atoms. The van der Waals surface area contributed by atoms with Crippen LogP contribution in [0.2, 0.25) is 0 Å². The summed E-state index contributed by atoms with van der Waals surface area (Å²) in [7, 11) is 1.78. The van der Waals surface area contributed by atoms with E-state index in [0.717, 1.165) is 10.9 Å². The van der Waals surface area contributed by atoms with E-state index in [-0.39, 0.29) is 17.9 Å². The molecule has 1 saturated heterocycles. The number of hydrogen-bond donors (Lipinski definition) is 0. The first-order chi connectivity index (χ1) is 11.5. The molecule has 1 atom stereocenters. The summed E-state index contributed by atoms with van der Waals surface area (Å²) in [4.78, 5) is 33.3. The first-order valence-electron chi connectivity index (χ1n) is 8.00. The van der Waals surface area contributed by atoms with E-state index in [1.165, 1.54) is 0 Å². The number of carbonyl (C=O) groups excluding carboxylic acids is 2. The molecule has 0 unspecified atom stereocenters. The Morgan fingerprint density at radius 2 is 2.00 bits per heavy atom. The van der Waals surface area contributed by atoms with Gasteiger partial charge in [0.2, 0.25) is 5.91 Å². The molecule has 6 heteroatoms. The van der Waals surface area contributed by atoms with Gasteiger partial charge in [0.25, 0.3) is 5.91 Å². The molecule has 1 aromatic carbocycles. The van der Waals surface area contributed by atoms with Gasteiger partial charge in [0.05, 0.1) is 11.4 Å². The zero-order valence-corrected chi connectivity index (χ0v) is 14.9. The molecule has 0 N–H and O–H groups in total. The van der Waals surface area contributed by atoms with E-state index in [1.807, 2.05) is 44.2 Å². The van der Waals surface area contributed by atoms with Gasteiger partial charge in [0, 0.05) is 24.2 Å². The maximum atomic E-state index is 12.9. The van der Waals surface area contributed by atoms with Crippen molar-refractivity contribution in [3.63, 3.8) is 0 Å². The molecule has 2 heterocycles. The Kier molecular flexibility index (Phi) is 4.76. The summed E-state index contributed by atoms with van der Waals surface area (Å²) >= 11 is 1.60. The zero-order chi connectivity index (χ0) is 17.3. The van der Waals surface area contributed by atoms with E-state index in [0.29, 0.717) is 17.3 Å². The van der Waals surface area contributed by atoms with E-state index >= 15 is 0 Å². The second-order valence-electron chi connectivity index (χ2n) is 6.22. The van der Waals surface area contributed by atoms with Gasteiger partial charge in [0.15, 0.2) is 0 Å². The molecule has 1 aromatic heterocycles. The summed E-state index contributed by atoms with van der Waals surface area (Å²) in [6.07, 6.45) is 0. The van der Waals surface area contributed by atoms with Crippen molar-refractivity contribution >= 4 is 34.5 Å². The van der Waals surface area contributed by atoms with Crippen molar-refractivity contribution in [2.24, 2.45) is 0 Å². The van der Waals surface area contributed by atoms with Crippen LogP contribution >= 0.6 is 11.8 Å². The molecule has 5 nitrogen and oxygen atoms in total. The fraction of sp³-hybridized carbons (Fsp3) is 0.389. The number of amides is 2.